The lowest BCUT2D eigenvalue weighted by atomic mass is 9.80. The second-order valence-electron chi connectivity index (χ2n) is 3.77. The van der Waals surface area contributed by atoms with Crippen molar-refractivity contribution in [3.05, 3.63) is 59.9 Å². The van der Waals surface area contributed by atoms with Crippen LogP contribution in [0.15, 0.2) is 53.5 Å². The Kier molecular flexibility index (Phi) is 3.87. The maximum Gasteiger partial charge on any atom is 0.488 e. The zero-order chi connectivity index (χ0) is 13.0. The number of halogens is 1. The predicted molar refractivity (Wildman–Crippen MR) is 69.9 cm³/mol. The fourth-order valence-corrected chi connectivity index (χ4v) is 1.43. The Bertz CT molecular complexity index is 538. The summed E-state index contributed by atoms with van der Waals surface area (Å²) in [6, 6.07) is 12.5. The van der Waals surface area contributed by atoms with Gasteiger partial charge >= 0.3 is 7.12 Å². The van der Waals surface area contributed by atoms with E-state index >= 15 is 0 Å². The third-order valence-corrected chi connectivity index (χ3v) is 2.42. The van der Waals surface area contributed by atoms with Gasteiger partial charge in [-0.25, -0.2) is 4.39 Å². The largest absolute Gasteiger partial charge is 0.488 e. The molecule has 2 aromatic carbocycles. The van der Waals surface area contributed by atoms with Gasteiger partial charge in [-0.05, 0) is 35.3 Å². The van der Waals surface area contributed by atoms with Gasteiger partial charge in [0.15, 0.2) is 0 Å². The minimum absolute atomic E-state index is 0.296. The summed E-state index contributed by atoms with van der Waals surface area (Å²) < 4.78 is 12.7. The van der Waals surface area contributed by atoms with E-state index in [9.17, 15) is 4.39 Å². The van der Waals surface area contributed by atoms with Crippen molar-refractivity contribution in [2.24, 2.45) is 4.99 Å². The van der Waals surface area contributed by atoms with Crippen LogP contribution in [0.5, 0.6) is 0 Å². The zero-order valence-corrected chi connectivity index (χ0v) is 9.49. The molecule has 0 spiro atoms. The van der Waals surface area contributed by atoms with Gasteiger partial charge in [0, 0.05) is 6.21 Å². The lowest BCUT2D eigenvalue weighted by Crippen LogP contribution is -2.29. The first kappa shape index (κ1) is 12.5. The number of benzene rings is 2. The molecule has 0 aliphatic heterocycles. The molecule has 2 N–H and O–H groups in total. The quantitative estimate of drug-likeness (QED) is 0.629. The van der Waals surface area contributed by atoms with Crippen molar-refractivity contribution >= 4 is 24.5 Å². The van der Waals surface area contributed by atoms with Crippen LogP contribution in [0, 0.1) is 5.82 Å². The van der Waals surface area contributed by atoms with Gasteiger partial charge in [-0.2, -0.15) is 0 Å². The summed E-state index contributed by atoms with van der Waals surface area (Å²) in [6.45, 7) is 0. The second kappa shape index (κ2) is 5.57. The van der Waals surface area contributed by atoms with Crippen LogP contribution in [0.25, 0.3) is 0 Å². The standard InChI is InChI=1S/C13H11BFNO2/c15-12-5-7-13(8-6-12)16-9-10-1-3-11(4-2-10)14(17)18/h1-9,17-18H. The normalized spacial score (nSPS) is 10.8. The first-order chi connectivity index (χ1) is 8.65. The van der Waals surface area contributed by atoms with Crippen LogP contribution < -0.4 is 5.46 Å². The number of hydrogen-bond donors (Lipinski definition) is 2. The van der Waals surface area contributed by atoms with Gasteiger partial charge in [0.05, 0.1) is 5.69 Å². The summed E-state index contributed by atoms with van der Waals surface area (Å²) in [5, 5.41) is 17.9. The highest BCUT2D eigenvalue weighted by Crippen LogP contribution is 2.11. The molecule has 0 aliphatic rings. The predicted octanol–water partition coefficient (Wildman–Crippen LogP) is 1.26. The van der Waals surface area contributed by atoms with E-state index in [0.717, 1.165) is 5.56 Å². The van der Waals surface area contributed by atoms with Crippen molar-refractivity contribution in [2.75, 3.05) is 0 Å². The van der Waals surface area contributed by atoms with E-state index in [-0.39, 0.29) is 5.82 Å². The molecule has 5 heteroatoms. The molecule has 0 radical (unpaired) electrons. The van der Waals surface area contributed by atoms with Crippen LogP contribution >= 0.6 is 0 Å². The molecule has 0 saturated carbocycles. The number of rotatable bonds is 3. The fraction of sp³-hybridized carbons (Fsp3) is 0. The summed E-state index contributed by atoms with van der Waals surface area (Å²) >= 11 is 0. The molecule has 0 heterocycles. The lowest BCUT2D eigenvalue weighted by molar-refractivity contribution is 0.426. The van der Waals surface area contributed by atoms with Crippen molar-refractivity contribution in [2.45, 2.75) is 0 Å². The highest BCUT2D eigenvalue weighted by atomic mass is 19.1. The Morgan fingerprint density at radius 2 is 1.56 bits per heavy atom. The lowest BCUT2D eigenvalue weighted by Gasteiger charge is -1.99. The molecule has 0 saturated heterocycles. The Labute approximate surface area is 104 Å². The maximum absolute atomic E-state index is 12.7. The summed E-state index contributed by atoms with van der Waals surface area (Å²) in [5.41, 5.74) is 1.90. The van der Waals surface area contributed by atoms with Crippen LogP contribution in [-0.4, -0.2) is 23.4 Å². The Hall–Kier alpha value is -1.98. The zero-order valence-electron chi connectivity index (χ0n) is 9.49. The number of nitrogens with zero attached hydrogens (tertiary/aromatic N) is 1. The van der Waals surface area contributed by atoms with Gasteiger partial charge in [-0.15, -0.1) is 0 Å². The Morgan fingerprint density at radius 3 is 2.11 bits per heavy atom. The van der Waals surface area contributed by atoms with E-state index in [4.69, 9.17) is 10.0 Å². The van der Waals surface area contributed by atoms with Crippen molar-refractivity contribution in [3.63, 3.8) is 0 Å². The first-order valence-electron chi connectivity index (χ1n) is 5.41. The van der Waals surface area contributed by atoms with Crippen LogP contribution in [0.3, 0.4) is 0 Å². The highest BCUT2D eigenvalue weighted by Gasteiger charge is 2.08. The van der Waals surface area contributed by atoms with E-state index in [2.05, 4.69) is 4.99 Å². The molecule has 3 nitrogen and oxygen atoms in total. The van der Waals surface area contributed by atoms with E-state index < -0.39 is 7.12 Å². The van der Waals surface area contributed by atoms with E-state index in [1.807, 2.05) is 0 Å². The molecule has 2 aromatic rings. The van der Waals surface area contributed by atoms with Crippen molar-refractivity contribution in [1.82, 2.24) is 0 Å². The second-order valence-corrected chi connectivity index (χ2v) is 3.77. The van der Waals surface area contributed by atoms with Crippen LogP contribution in [-0.2, 0) is 0 Å². The monoisotopic (exact) mass is 243 g/mol. The number of aliphatic imine (C=N–C) groups is 1. The molecule has 0 unspecified atom stereocenters. The van der Waals surface area contributed by atoms with Crippen LogP contribution in [0.4, 0.5) is 10.1 Å². The molecular formula is C13H11BFNO2. The molecule has 90 valence electrons. The van der Waals surface area contributed by atoms with Crippen LogP contribution in [0.1, 0.15) is 5.56 Å². The van der Waals surface area contributed by atoms with Gasteiger partial charge in [-0.1, -0.05) is 24.3 Å². The first-order valence-corrected chi connectivity index (χ1v) is 5.41. The third kappa shape index (κ3) is 3.26. The summed E-state index contributed by atoms with van der Waals surface area (Å²) in [6.07, 6.45) is 1.63. The molecular weight excluding hydrogens is 232 g/mol. The molecule has 0 bridgehead atoms. The average molecular weight is 243 g/mol. The molecule has 0 aromatic heterocycles. The minimum atomic E-state index is -1.46. The minimum Gasteiger partial charge on any atom is -0.423 e. The van der Waals surface area contributed by atoms with Gasteiger partial charge in [0.2, 0.25) is 0 Å². The molecule has 0 amide bonds. The molecule has 0 fully saturated rings. The molecule has 2 rings (SSSR count). The maximum atomic E-state index is 12.7. The van der Waals surface area contributed by atoms with Crippen LogP contribution in [0.2, 0.25) is 0 Å². The third-order valence-electron chi connectivity index (χ3n) is 2.42. The Balaban J connectivity index is 2.11. The Morgan fingerprint density at radius 1 is 0.944 bits per heavy atom. The number of hydrogen-bond acceptors (Lipinski definition) is 3. The van der Waals surface area contributed by atoms with Crippen molar-refractivity contribution in [1.29, 1.82) is 0 Å². The highest BCUT2D eigenvalue weighted by molar-refractivity contribution is 6.58. The van der Waals surface area contributed by atoms with Gasteiger partial charge in [0.1, 0.15) is 5.82 Å². The smallest absolute Gasteiger partial charge is 0.423 e. The van der Waals surface area contributed by atoms with Gasteiger partial charge in [0.25, 0.3) is 0 Å². The van der Waals surface area contributed by atoms with Gasteiger partial charge in [-0.3, -0.25) is 4.99 Å². The SMILES string of the molecule is OB(O)c1ccc(C=Nc2ccc(F)cc2)cc1. The summed E-state index contributed by atoms with van der Waals surface area (Å²) in [4.78, 5) is 4.18. The van der Waals surface area contributed by atoms with E-state index in [1.165, 1.54) is 12.1 Å². The van der Waals surface area contributed by atoms with E-state index in [1.54, 1.807) is 42.6 Å². The van der Waals surface area contributed by atoms with Crippen molar-refractivity contribution in [3.8, 4) is 0 Å². The molecule has 0 aliphatic carbocycles. The average Bonchev–Trinajstić information content (AvgIpc) is 2.38. The van der Waals surface area contributed by atoms with Crippen molar-refractivity contribution < 1.29 is 14.4 Å². The van der Waals surface area contributed by atoms with E-state index in [0.29, 0.717) is 11.2 Å². The summed E-state index contributed by atoms with van der Waals surface area (Å²) in [7, 11) is -1.46. The fourth-order valence-electron chi connectivity index (χ4n) is 1.43. The molecule has 18 heavy (non-hydrogen) atoms. The summed E-state index contributed by atoms with van der Waals surface area (Å²) in [5.74, 6) is -0.296. The van der Waals surface area contributed by atoms with Gasteiger partial charge < -0.3 is 10.0 Å². The molecule has 0 atom stereocenters. The topological polar surface area (TPSA) is 52.8 Å².